The molecule has 4 heteroatoms. The largest absolute Gasteiger partial charge is 0.398 e. The van der Waals surface area contributed by atoms with Crippen molar-refractivity contribution in [3.05, 3.63) is 29.8 Å². The fourth-order valence-electron chi connectivity index (χ4n) is 1.33. The van der Waals surface area contributed by atoms with Gasteiger partial charge in [0.1, 0.15) is 0 Å². The van der Waals surface area contributed by atoms with Gasteiger partial charge >= 0.3 is 0 Å². The van der Waals surface area contributed by atoms with Crippen LogP contribution in [0.2, 0.25) is 0 Å². The second kappa shape index (κ2) is 8.44. The number of aliphatic hydroxyl groups is 1. The number of nitrogens with one attached hydrogen (secondary N) is 1. The Labute approximate surface area is 101 Å². The third-order valence-corrected chi connectivity index (χ3v) is 3.31. The summed E-state index contributed by atoms with van der Waals surface area (Å²) in [6.45, 7) is 2.10. The van der Waals surface area contributed by atoms with Crippen molar-refractivity contribution in [2.24, 2.45) is 0 Å². The second-order valence-electron chi connectivity index (χ2n) is 3.57. The van der Waals surface area contributed by atoms with Crippen LogP contribution in [0.5, 0.6) is 0 Å². The number of aliphatic hydroxyl groups excluding tert-OH is 1. The molecule has 0 unspecified atom stereocenters. The van der Waals surface area contributed by atoms with Gasteiger partial charge in [-0.05, 0) is 23.8 Å². The lowest BCUT2D eigenvalue weighted by Crippen LogP contribution is -2.17. The first-order valence-corrected chi connectivity index (χ1v) is 6.72. The zero-order chi connectivity index (χ0) is 11.6. The zero-order valence-electron chi connectivity index (χ0n) is 9.48. The Bertz CT molecular complexity index is 294. The van der Waals surface area contributed by atoms with E-state index in [0.29, 0.717) is 6.61 Å². The molecule has 0 bridgehead atoms. The molecule has 0 radical (unpaired) electrons. The molecule has 1 aromatic rings. The van der Waals surface area contributed by atoms with Crippen LogP contribution >= 0.6 is 11.8 Å². The summed E-state index contributed by atoms with van der Waals surface area (Å²) in [7, 11) is 0. The number of nitrogens with two attached hydrogens (primary N) is 1. The predicted molar refractivity (Wildman–Crippen MR) is 71.6 cm³/mol. The summed E-state index contributed by atoms with van der Waals surface area (Å²) < 4.78 is 0. The first-order chi connectivity index (χ1) is 7.84. The summed E-state index contributed by atoms with van der Waals surface area (Å²) in [5.41, 5.74) is 7.83. The summed E-state index contributed by atoms with van der Waals surface area (Å²) in [5.74, 6) is 2.11. The summed E-state index contributed by atoms with van der Waals surface area (Å²) in [6, 6.07) is 7.92. The van der Waals surface area contributed by atoms with Gasteiger partial charge in [0, 0.05) is 31.1 Å². The van der Waals surface area contributed by atoms with E-state index in [1.165, 1.54) is 0 Å². The Kier molecular flexibility index (Phi) is 7.05. The van der Waals surface area contributed by atoms with E-state index >= 15 is 0 Å². The number of anilines is 1. The predicted octanol–water partition coefficient (Wildman–Crippen LogP) is 1.47. The van der Waals surface area contributed by atoms with Crippen LogP contribution in [0.25, 0.3) is 0 Å². The Hall–Kier alpha value is -0.710. The molecule has 0 fully saturated rings. The fourth-order valence-corrected chi connectivity index (χ4v) is 2.16. The SMILES string of the molecule is Nc1ccccc1CNCCSCCCO. The maximum absolute atomic E-state index is 8.61. The second-order valence-corrected chi connectivity index (χ2v) is 4.79. The molecule has 0 amide bonds. The highest BCUT2D eigenvalue weighted by molar-refractivity contribution is 7.99. The Morgan fingerprint density at radius 1 is 1.25 bits per heavy atom. The molecule has 16 heavy (non-hydrogen) atoms. The molecule has 4 N–H and O–H groups in total. The van der Waals surface area contributed by atoms with E-state index in [0.717, 1.165) is 42.3 Å². The molecule has 0 aliphatic rings. The number of nitrogen functional groups attached to an aromatic ring is 1. The van der Waals surface area contributed by atoms with Gasteiger partial charge in [0.25, 0.3) is 0 Å². The van der Waals surface area contributed by atoms with Gasteiger partial charge < -0.3 is 16.2 Å². The quantitative estimate of drug-likeness (QED) is 0.476. The molecule has 3 nitrogen and oxygen atoms in total. The minimum absolute atomic E-state index is 0.293. The lowest BCUT2D eigenvalue weighted by Gasteiger charge is -2.07. The van der Waals surface area contributed by atoms with Crippen molar-refractivity contribution in [2.45, 2.75) is 13.0 Å². The van der Waals surface area contributed by atoms with E-state index < -0.39 is 0 Å². The van der Waals surface area contributed by atoms with E-state index in [4.69, 9.17) is 10.8 Å². The first kappa shape index (κ1) is 13.4. The molecule has 0 aliphatic carbocycles. The molecular weight excluding hydrogens is 220 g/mol. The summed E-state index contributed by atoms with van der Waals surface area (Å²) in [6.07, 6.45) is 0.885. The maximum Gasteiger partial charge on any atom is 0.0438 e. The number of hydrogen-bond donors (Lipinski definition) is 3. The summed E-state index contributed by atoms with van der Waals surface area (Å²) in [4.78, 5) is 0. The molecule has 90 valence electrons. The normalized spacial score (nSPS) is 10.6. The van der Waals surface area contributed by atoms with Crippen LogP contribution in [-0.2, 0) is 6.54 Å². The minimum Gasteiger partial charge on any atom is -0.398 e. The maximum atomic E-state index is 8.61. The Balaban J connectivity index is 2.05. The third-order valence-electron chi connectivity index (χ3n) is 2.24. The standard InChI is InChI=1S/C12H20N2OS/c13-12-5-2-1-4-11(12)10-14-6-9-16-8-3-7-15/h1-2,4-5,14-15H,3,6-10,13H2. The van der Waals surface area contributed by atoms with Gasteiger partial charge in [-0.3, -0.25) is 0 Å². The van der Waals surface area contributed by atoms with Crippen LogP contribution in [-0.4, -0.2) is 29.8 Å². The third kappa shape index (κ3) is 5.39. The highest BCUT2D eigenvalue weighted by Crippen LogP contribution is 2.09. The smallest absolute Gasteiger partial charge is 0.0438 e. The lowest BCUT2D eigenvalue weighted by molar-refractivity contribution is 0.296. The van der Waals surface area contributed by atoms with Crippen molar-refractivity contribution in [1.82, 2.24) is 5.32 Å². The molecule has 0 spiro atoms. The van der Waals surface area contributed by atoms with Crippen molar-refractivity contribution in [1.29, 1.82) is 0 Å². The first-order valence-electron chi connectivity index (χ1n) is 5.57. The topological polar surface area (TPSA) is 58.3 Å². The Morgan fingerprint density at radius 3 is 2.81 bits per heavy atom. The Morgan fingerprint density at radius 2 is 2.06 bits per heavy atom. The molecule has 0 saturated heterocycles. The molecule has 0 saturated carbocycles. The van der Waals surface area contributed by atoms with Crippen LogP contribution in [0.1, 0.15) is 12.0 Å². The van der Waals surface area contributed by atoms with Gasteiger partial charge in [-0.25, -0.2) is 0 Å². The van der Waals surface area contributed by atoms with Gasteiger partial charge in [0.15, 0.2) is 0 Å². The van der Waals surface area contributed by atoms with Crippen LogP contribution in [0, 0.1) is 0 Å². The molecule has 0 heterocycles. The van der Waals surface area contributed by atoms with Crippen molar-refractivity contribution in [3.8, 4) is 0 Å². The van der Waals surface area contributed by atoms with E-state index in [1.807, 2.05) is 36.0 Å². The van der Waals surface area contributed by atoms with E-state index in [9.17, 15) is 0 Å². The van der Waals surface area contributed by atoms with Gasteiger partial charge in [0.2, 0.25) is 0 Å². The van der Waals surface area contributed by atoms with Gasteiger partial charge in [-0.1, -0.05) is 18.2 Å². The molecule has 0 atom stereocenters. The van der Waals surface area contributed by atoms with Crippen LogP contribution in [0.4, 0.5) is 5.69 Å². The summed E-state index contributed by atoms with van der Waals surface area (Å²) >= 11 is 1.86. The molecular formula is C12H20N2OS. The molecule has 0 aliphatic heterocycles. The molecule has 1 aromatic carbocycles. The van der Waals surface area contributed by atoms with Crippen molar-refractivity contribution < 1.29 is 5.11 Å². The van der Waals surface area contributed by atoms with Crippen molar-refractivity contribution >= 4 is 17.4 Å². The zero-order valence-corrected chi connectivity index (χ0v) is 10.3. The number of thioether (sulfide) groups is 1. The molecule has 1 rings (SSSR count). The van der Waals surface area contributed by atoms with Crippen LogP contribution in [0.15, 0.2) is 24.3 Å². The molecule has 0 aromatic heterocycles. The number of rotatable bonds is 8. The fraction of sp³-hybridized carbons (Fsp3) is 0.500. The van der Waals surface area contributed by atoms with Crippen molar-refractivity contribution in [2.75, 3.05) is 30.4 Å². The number of benzene rings is 1. The van der Waals surface area contributed by atoms with E-state index in [1.54, 1.807) is 0 Å². The number of hydrogen-bond acceptors (Lipinski definition) is 4. The van der Waals surface area contributed by atoms with Gasteiger partial charge in [-0.2, -0.15) is 11.8 Å². The minimum atomic E-state index is 0.293. The van der Waals surface area contributed by atoms with Gasteiger partial charge in [-0.15, -0.1) is 0 Å². The number of para-hydroxylation sites is 1. The van der Waals surface area contributed by atoms with Crippen LogP contribution in [0.3, 0.4) is 0 Å². The van der Waals surface area contributed by atoms with Gasteiger partial charge in [0.05, 0.1) is 0 Å². The average molecular weight is 240 g/mol. The van der Waals surface area contributed by atoms with Crippen LogP contribution < -0.4 is 11.1 Å². The summed E-state index contributed by atoms with van der Waals surface area (Å²) in [5, 5.41) is 12.0. The highest BCUT2D eigenvalue weighted by Gasteiger charge is 1.96. The average Bonchev–Trinajstić information content (AvgIpc) is 2.30. The lowest BCUT2D eigenvalue weighted by atomic mass is 10.2. The van der Waals surface area contributed by atoms with E-state index in [-0.39, 0.29) is 0 Å². The van der Waals surface area contributed by atoms with Crippen molar-refractivity contribution in [3.63, 3.8) is 0 Å². The van der Waals surface area contributed by atoms with E-state index in [2.05, 4.69) is 5.32 Å². The highest BCUT2D eigenvalue weighted by atomic mass is 32.2. The monoisotopic (exact) mass is 240 g/mol.